The third kappa shape index (κ3) is 2.15. The molecule has 5 heteroatoms. The first-order valence-corrected chi connectivity index (χ1v) is 7.28. The summed E-state index contributed by atoms with van der Waals surface area (Å²) in [6.07, 6.45) is 1.67. The summed E-state index contributed by atoms with van der Waals surface area (Å²) in [5, 5.41) is 1.99. The Labute approximate surface area is 103 Å². The van der Waals surface area contributed by atoms with E-state index in [-0.39, 0.29) is 5.56 Å². The van der Waals surface area contributed by atoms with Gasteiger partial charge in [0.25, 0.3) is 5.56 Å². The standard InChI is InChI=1S/C11H14N2OS2/c1-3-15-5-4-13-7-12-9-8(2)6-16-10(9)11(13)14/h6-7H,3-5H2,1-2H3. The van der Waals surface area contributed by atoms with Gasteiger partial charge in [-0.15, -0.1) is 11.3 Å². The lowest BCUT2D eigenvalue weighted by Crippen LogP contribution is -2.20. The summed E-state index contributed by atoms with van der Waals surface area (Å²) in [6.45, 7) is 4.86. The lowest BCUT2D eigenvalue weighted by Gasteiger charge is -2.03. The van der Waals surface area contributed by atoms with Crippen LogP contribution in [0.4, 0.5) is 0 Å². The van der Waals surface area contributed by atoms with Crippen molar-refractivity contribution in [3.8, 4) is 0 Å². The fourth-order valence-corrected chi connectivity index (χ4v) is 3.09. The van der Waals surface area contributed by atoms with Crippen LogP contribution in [-0.2, 0) is 6.54 Å². The van der Waals surface area contributed by atoms with E-state index >= 15 is 0 Å². The van der Waals surface area contributed by atoms with Crippen molar-refractivity contribution >= 4 is 33.3 Å². The van der Waals surface area contributed by atoms with Gasteiger partial charge in [-0.25, -0.2) is 4.98 Å². The van der Waals surface area contributed by atoms with Crippen molar-refractivity contribution in [3.63, 3.8) is 0 Å². The molecule has 0 spiro atoms. The maximum Gasteiger partial charge on any atom is 0.271 e. The molecule has 0 bridgehead atoms. The van der Waals surface area contributed by atoms with E-state index in [4.69, 9.17) is 0 Å². The van der Waals surface area contributed by atoms with Gasteiger partial charge in [-0.2, -0.15) is 11.8 Å². The Morgan fingerprint density at radius 2 is 2.38 bits per heavy atom. The molecule has 16 heavy (non-hydrogen) atoms. The number of thiophene rings is 1. The first kappa shape index (κ1) is 11.7. The van der Waals surface area contributed by atoms with Gasteiger partial charge in [0.2, 0.25) is 0 Å². The first-order chi connectivity index (χ1) is 7.74. The highest BCUT2D eigenvalue weighted by Gasteiger charge is 2.07. The van der Waals surface area contributed by atoms with Crippen LogP contribution in [0, 0.1) is 6.92 Å². The van der Waals surface area contributed by atoms with Gasteiger partial charge in [-0.1, -0.05) is 6.92 Å². The molecule has 0 radical (unpaired) electrons. The van der Waals surface area contributed by atoms with Crippen LogP contribution in [0.2, 0.25) is 0 Å². The number of aromatic nitrogens is 2. The van der Waals surface area contributed by atoms with Gasteiger partial charge in [0.05, 0.1) is 11.8 Å². The highest BCUT2D eigenvalue weighted by atomic mass is 32.2. The summed E-state index contributed by atoms with van der Waals surface area (Å²) >= 11 is 3.33. The second-order valence-electron chi connectivity index (χ2n) is 3.54. The molecule has 0 aromatic carbocycles. The number of thioether (sulfide) groups is 1. The zero-order chi connectivity index (χ0) is 11.5. The molecule has 0 aliphatic carbocycles. The summed E-state index contributed by atoms with van der Waals surface area (Å²) in [7, 11) is 0. The normalized spacial score (nSPS) is 11.1. The third-order valence-corrected chi connectivity index (χ3v) is 4.36. The highest BCUT2D eigenvalue weighted by molar-refractivity contribution is 7.99. The molecule has 0 fully saturated rings. The molecule has 2 aromatic rings. The maximum absolute atomic E-state index is 12.1. The van der Waals surface area contributed by atoms with Crippen molar-refractivity contribution in [1.29, 1.82) is 0 Å². The Balaban J connectivity index is 2.34. The van der Waals surface area contributed by atoms with Gasteiger partial charge in [-0.05, 0) is 23.6 Å². The molecular formula is C11H14N2OS2. The van der Waals surface area contributed by atoms with Crippen molar-refractivity contribution in [1.82, 2.24) is 9.55 Å². The minimum absolute atomic E-state index is 0.0970. The molecule has 0 aliphatic rings. The van der Waals surface area contributed by atoms with Gasteiger partial charge >= 0.3 is 0 Å². The average Bonchev–Trinajstić information content (AvgIpc) is 2.65. The summed E-state index contributed by atoms with van der Waals surface area (Å²) in [5.41, 5.74) is 2.04. The van der Waals surface area contributed by atoms with Crippen molar-refractivity contribution in [2.45, 2.75) is 20.4 Å². The Morgan fingerprint density at radius 1 is 1.56 bits per heavy atom. The van der Waals surface area contributed by atoms with Crippen LogP contribution in [0.15, 0.2) is 16.5 Å². The van der Waals surface area contributed by atoms with Gasteiger partial charge < -0.3 is 0 Å². The topological polar surface area (TPSA) is 34.9 Å². The number of hydrogen-bond donors (Lipinski definition) is 0. The minimum Gasteiger partial charge on any atom is -0.297 e. The van der Waals surface area contributed by atoms with E-state index in [0.717, 1.165) is 33.8 Å². The van der Waals surface area contributed by atoms with E-state index in [9.17, 15) is 4.79 Å². The predicted molar refractivity (Wildman–Crippen MR) is 71.6 cm³/mol. The van der Waals surface area contributed by atoms with Crippen molar-refractivity contribution in [3.05, 3.63) is 27.6 Å². The molecule has 0 aliphatic heterocycles. The van der Waals surface area contributed by atoms with Crippen molar-refractivity contribution in [2.75, 3.05) is 11.5 Å². The Kier molecular flexibility index (Phi) is 3.66. The summed E-state index contributed by atoms with van der Waals surface area (Å²) in [4.78, 5) is 16.4. The van der Waals surface area contributed by atoms with Gasteiger partial charge in [-0.3, -0.25) is 9.36 Å². The Bertz CT molecular complexity index is 544. The number of nitrogens with zero attached hydrogens (tertiary/aromatic N) is 2. The fraction of sp³-hybridized carbons (Fsp3) is 0.455. The Hall–Kier alpha value is -0.810. The zero-order valence-electron chi connectivity index (χ0n) is 9.40. The molecule has 2 rings (SSSR count). The number of fused-ring (bicyclic) bond motifs is 1. The van der Waals surface area contributed by atoms with Crippen LogP contribution in [-0.4, -0.2) is 21.1 Å². The van der Waals surface area contributed by atoms with Gasteiger partial charge in [0.15, 0.2) is 0 Å². The van der Waals surface area contributed by atoms with E-state index in [1.165, 1.54) is 11.3 Å². The molecule has 3 nitrogen and oxygen atoms in total. The second kappa shape index (κ2) is 5.01. The van der Waals surface area contributed by atoms with Crippen LogP contribution in [0.5, 0.6) is 0 Å². The van der Waals surface area contributed by atoms with Crippen LogP contribution in [0.25, 0.3) is 10.2 Å². The van der Waals surface area contributed by atoms with Crippen LogP contribution < -0.4 is 5.56 Å². The summed E-state index contributed by atoms with van der Waals surface area (Å²) < 4.78 is 2.49. The predicted octanol–water partition coefficient (Wildman–Crippen LogP) is 2.52. The maximum atomic E-state index is 12.1. The molecule has 86 valence electrons. The largest absolute Gasteiger partial charge is 0.297 e. The molecule has 0 saturated heterocycles. The lowest BCUT2D eigenvalue weighted by molar-refractivity contribution is 0.726. The van der Waals surface area contributed by atoms with Crippen molar-refractivity contribution in [2.24, 2.45) is 0 Å². The molecule has 0 atom stereocenters. The fourth-order valence-electron chi connectivity index (χ4n) is 1.53. The van der Waals surface area contributed by atoms with Crippen LogP contribution >= 0.6 is 23.1 Å². The van der Waals surface area contributed by atoms with Crippen LogP contribution in [0.1, 0.15) is 12.5 Å². The average molecular weight is 254 g/mol. The number of aryl methyl sites for hydroxylation is 2. The highest BCUT2D eigenvalue weighted by Crippen LogP contribution is 2.19. The van der Waals surface area contributed by atoms with E-state index in [1.807, 2.05) is 24.1 Å². The summed E-state index contributed by atoms with van der Waals surface area (Å²) in [5.74, 6) is 2.05. The SMILES string of the molecule is CCSCCn1cnc2c(C)csc2c1=O. The van der Waals surface area contributed by atoms with Gasteiger partial charge in [0.1, 0.15) is 4.70 Å². The second-order valence-corrected chi connectivity index (χ2v) is 5.81. The van der Waals surface area contributed by atoms with E-state index in [2.05, 4.69) is 11.9 Å². The van der Waals surface area contributed by atoms with E-state index in [1.54, 1.807) is 10.9 Å². The lowest BCUT2D eigenvalue weighted by atomic mass is 10.3. The third-order valence-electron chi connectivity index (χ3n) is 2.40. The zero-order valence-corrected chi connectivity index (χ0v) is 11.0. The molecule has 0 saturated carbocycles. The Morgan fingerprint density at radius 3 is 3.12 bits per heavy atom. The number of hydrogen-bond acceptors (Lipinski definition) is 4. The number of rotatable bonds is 4. The molecule has 0 amide bonds. The van der Waals surface area contributed by atoms with Crippen molar-refractivity contribution < 1.29 is 0 Å². The molecule has 0 N–H and O–H groups in total. The van der Waals surface area contributed by atoms with Gasteiger partial charge in [0, 0.05) is 12.3 Å². The van der Waals surface area contributed by atoms with Crippen LogP contribution in [0.3, 0.4) is 0 Å². The summed E-state index contributed by atoms with van der Waals surface area (Å²) in [6, 6.07) is 0. The smallest absolute Gasteiger partial charge is 0.271 e. The molecular weight excluding hydrogens is 240 g/mol. The molecule has 0 unspecified atom stereocenters. The monoisotopic (exact) mass is 254 g/mol. The quantitative estimate of drug-likeness (QED) is 0.786. The molecule has 2 heterocycles. The minimum atomic E-state index is 0.0970. The molecule has 2 aromatic heterocycles. The van der Waals surface area contributed by atoms with E-state index in [0.29, 0.717) is 0 Å². The first-order valence-electron chi connectivity index (χ1n) is 5.25. The van der Waals surface area contributed by atoms with E-state index < -0.39 is 0 Å².